The maximum absolute atomic E-state index is 13.0. The summed E-state index contributed by atoms with van der Waals surface area (Å²) in [5.41, 5.74) is 1.17. The zero-order chi connectivity index (χ0) is 22.4. The molecule has 3 rings (SSSR count). The van der Waals surface area contributed by atoms with E-state index in [0.717, 1.165) is 0 Å². The fourth-order valence-electron chi connectivity index (χ4n) is 2.39. The first-order valence-corrected chi connectivity index (χ1v) is 10.6. The minimum absolute atomic E-state index is 0.00410. The van der Waals surface area contributed by atoms with Crippen LogP contribution in [0.2, 0.25) is 0 Å². The van der Waals surface area contributed by atoms with Gasteiger partial charge in [-0.25, -0.2) is 12.8 Å². The second-order valence-corrected chi connectivity index (χ2v) is 8.09. The van der Waals surface area contributed by atoms with Gasteiger partial charge in [0.05, 0.1) is 19.1 Å². The van der Waals surface area contributed by atoms with Crippen LogP contribution in [0.4, 0.5) is 21.6 Å². The van der Waals surface area contributed by atoms with Gasteiger partial charge in [0.25, 0.3) is 10.0 Å². The Morgan fingerprint density at radius 2 is 1.52 bits per heavy atom. The number of ether oxygens (including phenoxy) is 2. The molecule has 2 aromatic carbocycles. The molecule has 12 heteroatoms. The van der Waals surface area contributed by atoms with Crippen LogP contribution in [0.1, 0.15) is 0 Å². The smallest absolute Gasteiger partial charge is 0.321 e. The number of rotatable bonds is 7. The zero-order valence-corrected chi connectivity index (χ0v) is 18.1. The first-order valence-electron chi connectivity index (χ1n) is 8.72. The van der Waals surface area contributed by atoms with Crippen LogP contribution in [0, 0.1) is 5.82 Å². The maximum atomic E-state index is 13.0. The molecule has 0 saturated carbocycles. The molecule has 0 unspecified atom stereocenters. The van der Waals surface area contributed by atoms with Crippen LogP contribution in [0.3, 0.4) is 0 Å². The lowest BCUT2D eigenvalue weighted by atomic mass is 10.3. The molecule has 3 aromatic rings. The van der Waals surface area contributed by atoms with Gasteiger partial charge >= 0.3 is 6.01 Å². The third-order valence-corrected chi connectivity index (χ3v) is 5.41. The minimum atomic E-state index is -3.92. The Hall–Kier alpha value is -3.51. The van der Waals surface area contributed by atoms with Crippen molar-refractivity contribution in [2.75, 3.05) is 29.6 Å². The van der Waals surface area contributed by atoms with E-state index in [9.17, 15) is 12.8 Å². The lowest BCUT2D eigenvalue weighted by Gasteiger charge is -2.12. The van der Waals surface area contributed by atoms with E-state index < -0.39 is 10.0 Å². The Kier molecular flexibility index (Phi) is 6.82. The summed E-state index contributed by atoms with van der Waals surface area (Å²) in [4.78, 5) is 7.87. The molecule has 1 heterocycles. The van der Waals surface area contributed by atoms with Crippen LogP contribution < -0.4 is 24.8 Å². The van der Waals surface area contributed by atoms with Crippen LogP contribution in [0.15, 0.2) is 59.5 Å². The molecule has 0 saturated heterocycles. The number of methoxy groups -OCH3 is 2. The molecular weight excluding hydrogens is 445 g/mol. The van der Waals surface area contributed by atoms with Gasteiger partial charge in [-0.2, -0.15) is 9.97 Å². The number of thiocarbonyl (C=S) groups is 1. The molecule has 0 radical (unpaired) electrons. The Morgan fingerprint density at radius 1 is 0.935 bits per heavy atom. The largest absolute Gasteiger partial charge is 0.481 e. The van der Waals surface area contributed by atoms with Crippen molar-refractivity contribution in [1.82, 2.24) is 9.97 Å². The molecule has 0 fully saturated rings. The van der Waals surface area contributed by atoms with Crippen LogP contribution in [0.25, 0.3) is 0 Å². The summed E-state index contributed by atoms with van der Waals surface area (Å²) in [5, 5.41) is 6.09. The summed E-state index contributed by atoms with van der Waals surface area (Å²) in [7, 11) is -1.18. The number of nitrogens with one attached hydrogen (secondary N) is 3. The number of anilines is 3. The molecule has 9 nitrogen and oxygen atoms in total. The number of nitrogens with zero attached hydrogens (tertiary/aromatic N) is 2. The Morgan fingerprint density at radius 3 is 2.06 bits per heavy atom. The molecule has 31 heavy (non-hydrogen) atoms. The second-order valence-electron chi connectivity index (χ2n) is 6.00. The number of sulfonamides is 1. The fourth-order valence-corrected chi connectivity index (χ4v) is 3.62. The molecule has 1 aromatic heterocycles. The molecule has 3 N–H and O–H groups in total. The second kappa shape index (κ2) is 9.53. The lowest BCUT2D eigenvalue weighted by Crippen LogP contribution is -2.19. The Labute approximate surface area is 183 Å². The number of halogens is 1. The van der Waals surface area contributed by atoms with E-state index >= 15 is 0 Å². The van der Waals surface area contributed by atoms with E-state index in [0.29, 0.717) is 11.4 Å². The van der Waals surface area contributed by atoms with E-state index in [-0.39, 0.29) is 33.5 Å². The topological polar surface area (TPSA) is 114 Å². The average Bonchev–Trinajstić information content (AvgIpc) is 2.75. The van der Waals surface area contributed by atoms with Crippen LogP contribution >= 0.6 is 12.2 Å². The zero-order valence-electron chi connectivity index (χ0n) is 16.4. The molecule has 0 bridgehead atoms. The van der Waals surface area contributed by atoms with Crippen molar-refractivity contribution in [3.63, 3.8) is 0 Å². The van der Waals surface area contributed by atoms with Gasteiger partial charge in [-0.15, -0.1) is 0 Å². The van der Waals surface area contributed by atoms with Crippen molar-refractivity contribution < 1.29 is 22.3 Å². The third kappa shape index (κ3) is 5.99. The highest BCUT2D eigenvalue weighted by molar-refractivity contribution is 7.92. The number of hydrogen-bond acceptors (Lipinski definition) is 7. The van der Waals surface area contributed by atoms with Gasteiger partial charge < -0.3 is 20.1 Å². The standard InChI is InChI=1S/C19H18FN5O4S2/c1-28-17-11-16(23-18(24-17)29-2)25-31(26,27)15-9-7-14(8-10-15)22-19(30)21-13-5-3-12(20)4-6-13/h3-11H,1-2H3,(H2,21,22,30)(H,23,24,25). The lowest BCUT2D eigenvalue weighted by molar-refractivity contribution is 0.353. The monoisotopic (exact) mass is 463 g/mol. The number of benzene rings is 2. The summed E-state index contributed by atoms with van der Waals surface area (Å²) in [6.07, 6.45) is 0. The van der Waals surface area contributed by atoms with Crippen LogP contribution in [0.5, 0.6) is 11.9 Å². The Bertz CT molecular complexity index is 1150. The summed E-state index contributed by atoms with van der Waals surface area (Å²) in [6, 6.07) is 12.9. The van der Waals surface area contributed by atoms with Gasteiger partial charge in [0.1, 0.15) is 5.82 Å². The molecule has 0 atom stereocenters. The molecule has 0 aliphatic carbocycles. The number of aromatic nitrogens is 2. The average molecular weight is 464 g/mol. The van der Waals surface area contributed by atoms with Gasteiger partial charge in [-0.1, -0.05) is 0 Å². The van der Waals surface area contributed by atoms with Gasteiger partial charge in [0, 0.05) is 17.4 Å². The SMILES string of the molecule is COc1cc(NS(=O)(=O)c2ccc(NC(=S)Nc3ccc(F)cc3)cc2)nc(OC)n1. The van der Waals surface area contributed by atoms with Gasteiger partial charge in [0.2, 0.25) is 5.88 Å². The molecule has 0 aliphatic heterocycles. The predicted molar refractivity (Wildman–Crippen MR) is 119 cm³/mol. The van der Waals surface area contributed by atoms with E-state index in [2.05, 4.69) is 25.3 Å². The van der Waals surface area contributed by atoms with Crippen molar-refractivity contribution in [3.05, 3.63) is 60.4 Å². The van der Waals surface area contributed by atoms with E-state index in [4.69, 9.17) is 21.7 Å². The summed E-state index contributed by atoms with van der Waals surface area (Å²) >= 11 is 5.21. The predicted octanol–water partition coefficient (Wildman–Crippen LogP) is 3.24. The van der Waals surface area contributed by atoms with Gasteiger partial charge in [-0.3, -0.25) is 4.72 Å². The van der Waals surface area contributed by atoms with Crippen molar-refractivity contribution in [2.45, 2.75) is 4.90 Å². The maximum Gasteiger partial charge on any atom is 0.321 e. The third-order valence-electron chi connectivity index (χ3n) is 3.84. The molecular formula is C19H18FN5O4S2. The van der Waals surface area contributed by atoms with E-state index in [1.165, 1.54) is 44.6 Å². The van der Waals surface area contributed by atoms with Gasteiger partial charge in [0.15, 0.2) is 10.9 Å². The van der Waals surface area contributed by atoms with Crippen molar-refractivity contribution >= 4 is 44.5 Å². The first kappa shape index (κ1) is 22.2. The first-order chi connectivity index (χ1) is 14.8. The fraction of sp³-hybridized carbons (Fsp3) is 0.105. The van der Waals surface area contributed by atoms with Crippen molar-refractivity contribution in [1.29, 1.82) is 0 Å². The highest BCUT2D eigenvalue weighted by atomic mass is 32.2. The highest BCUT2D eigenvalue weighted by Crippen LogP contribution is 2.21. The van der Waals surface area contributed by atoms with E-state index in [1.807, 2.05) is 0 Å². The normalized spacial score (nSPS) is 10.8. The summed E-state index contributed by atoms with van der Waals surface area (Å²) in [5.74, 6) is -0.212. The molecule has 0 amide bonds. The van der Waals surface area contributed by atoms with E-state index in [1.54, 1.807) is 24.3 Å². The summed E-state index contributed by atoms with van der Waals surface area (Å²) < 4.78 is 50.6. The molecule has 162 valence electrons. The van der Waals surface area contributed by atoms with Crippen molar-refractivity contribution in [2.24, 2.45) is 0 Å². The summed E-state index contributed by atoms with van der Waals surface area (Å²) in [6.45, 7) is 0. The molecule has 0 spiro atoms. The molecule has 0 aliphatic rings. The highest BCUT2D eigenvalue weighted by Gasteiger charge is 2.17. The van der Waals surface area contributed by atoms with Gasteiger partial charge in [-0.05, 0) is 60.7 Å². The van der Waals surface area contributed by atoms with Crippen molar-refractivity contribution in [3.8, 4) is 11.9 Å². The van der Waals surface area contributed by atoms with Crippen LogP contribution in [-0.2, 0) is 10.0 Å². The van der Waals surface area contributed by atoms with Crippen LogP contribution in [-0.4, -0.2) is 37.7 Å². The number of hydrogen-bond donors (Lipinski definition) is 3. The Balaban J connectivity index is 1.68. The minimum Gasteiger partial charge on any atom is -0.481 e. The quantitative estimate of drug-likeness (QED) is 0.454.